The highest BCUT2D eigenvalue weighted by atomic mass is 32.1. The molecule has 0 aliphatic carbocycles. The summed E-state index contributed by atoms with van der Waals surface area (Å²) in [5.41, 5.74) is 4.36. The van der Waals surface area contributed by atoms with Crippen molar-refractivity contribution in [2.24, 2.45) is 5.73 Å². The zero-order valence-electron chi connectivity index (χ0n) is 10.9. The number of urea groups is 1. The van der Waals surface area contributed by atoms with Crippen molar-refractivity contribution in [1.29, 1.82) is 0 Å². The predicted molar refractivity (Wildman–Crippen MR) is 76.9 cm³/mol. The van der Waals surface area contributed by atoms with Crippen LogP contribution in [0.1, 0.15) is 15.9 Å². The Morgan fingerprint density at radius 2 is 1.86 bits per heavy atom. The molecular formula is C13H10F3N3O2S. The number of halogens is 3. The standard InChI is InChI=1S/C13H10F3N3O2S/c14-13(15,16)7-2-1-3-8(6-7)18-12(21)19-11-9(10(17)20)4-5-22-11/h1-6H,(H2,17,20)(H2,18,19,21). The molecule has 116 valence electrons. The molecule has 0 aliphatic heterocycles. The highest BCUT2D eigenvalue weighted by molar-refractivity contribution is 7.14. The SMILES string of the molecule is NC(=O)c1ccsc1NC(=O)Nc1cccc(C(F)(F)F)c1. The second-order valence-electron chi connectivity index (χ2n) is 4.19. The van der Waals surface area contributed by atoms with Crippen LogP contribution in [-0.2, 0) is 6.18 Å². The Balaban J connectivity index is 2.09. The van der Waals surface area contributed by atoms with Crippen LogP contribution in [0.15, 0.2) is 35.7 Å². The Bertz CT molecular complexity index is 713. The van der Waals surface area contributed by atoms with Gasteiger partial charge in [0.05, 0.1) is 11.1 Å². The fourth-order valence-electron chi connectivity index (χ4n) is 1.64. The summed E-state index contributed by atoms with van der Waals surface area (Å²) in [6.07, 6.45) is -4.50. The third-order valence-corrected chi connectivity index (χ3v) is 3.44. The number of hydrogen-bond acceptors (Lipinski definition) is 3. The van der Waals surface area contributed by atoms with Crippen molar-refractivity contribution in [3.05, 3.63) is 46.8 Å². The van der Waals surface area contributed by atoms with E-state index >= 15 is 0 Å². The van der Waals surface area contributed by atoms with Crippen molar-refractivity contribution < 1.29 is 22.8 Å². The molecule has 0 radical (unpaired) electrons. The van der Waals surface area contributed by atoms with E-state index in [9.17, 15) is 22.8 Å². The molecule has 0 atom stereocenters. The first-order valence-corrected chi connectivity index (χ1v) is 6.78. The molecule has 2 rings (SSSR count). The summed E-state index contributed by atoms with van der Waals surface area (Å²) in [5, 5.41) is 6.40. The van der Waals surface area contributed by atoms with Gasteiger partial charge in [-0.2, -0.15) is 13.2 Å². The second kappa shape index (κ2) is 6.06. The molecule has 1 heterocycles. The van der Waals surface area contributed by atoms with Crippen LogP contribution in [0.2, 0.25) is 0 Å². The molecule has 1 aromatic heterocycles. The fourth-order valence-corrected chi connectivity index (χ4v) is 2.43. The zero-order chi connectivity index (χ0) is 16.3. The zero-order valence-corrected chi connectivity index (χ0v) is 11.7. The quantitative estimate of drug-likeness (QED) is 0.805. The van der Waals surface area contributed by atoms with Gasteiger partial charge in [0, 0.05) is 5.69 Å². The summed E-state index contributed by atoms with van der Waals surface area (Å²) < 4.78 is 37.7. The summed E-state index contributed by atoms with van der Waals surface area (Å²) in [5.74, 6) is -0.712. The first kappa shape index (κ1) is 15.8. The van der Waals surface area contributed by atoms with E-state index in [2.05, 4.69) is 10.6 Å². The molecule has 0 bridgehead atoms. The number of alkyl halides is 3. The second-order valence-corrected chi connectivity index (χ2v) is 5.10. The van der Waals surface area contributed by atoms with Gasteiger partial charge in [-0.25, -0.2) is 4.79 Å². The van der Waals surface area contributed by atoms with Crippen molar-refractivity contribution in [3.63, 3.8) is 0 Å². The van der Waals surface area contributed by atoms with Crippen molar-refractivity contribution in [2.45, 2.75) is 6.18 Å². The monoisotopic (exact) mass is 329 g/mol. The van der Waals surface area contributed by atoms with Crippen LogP contribution in [0, 0.1) is 0 Å². The summed E-state index contributed by atoms with van der Waals surface area (Å²) >= 11 is 1.07. The molecule has 0 saturated carbocycles. The summed E-state index contributed by atoms with van der Waals surface area (Å²) in [6.45, 7) is 0. The average molecular weight is 329 g/mol. The number of primary amides is 1. The van der Waals surface area contributed by atoms with E-state index in [1.165, 1.54) is 18.2 Å². The number of nitrogens with one attached hydrogen (secondary N) is 2. The number of carbonyl (C=O) groups excluding carboxylic acids is 2. The number of hydrogen-bond donors (Lipinski definition) is 3. The number of nitrogens with two attached hydrogens (primary N) is 1. The minimum absolute atomic E-state index is 0.0236. The van der Waals surface area contributed by atoms with Crippen LogP contribution in [0.3, 0.4) is 0 Å². The van der Waals surface area contributed by atoms with Gasteiger partial charge < -0.3 is 11.1 Å². The molecule has 4 N–H and O–H groups in total. The maximum Gasteiger partial charge on any atom is 0.416 e. The molecule has 0 fully saturated rings. The predicted octanol–water partition coefficient (Wildman–Crippen LogP) is 3.51. The fraction of sp³-hybridized carbons (Fsp3) is 0.0769. The lowest BCUT2D eigenvalue weighted by atomic mass is 10.2. The van der Waals surface area contributed by atoms with Crippen LogP contribution in [0.25, 0.3) is 0 Å². The van der Waals surface area contributed by atoms with Crippen molar-refractivity contribution in [2.75, 3.05) is 10.6 Å². The molecule has 1 aromatic carbocycles. The van der Waals surface area contributed by atoms with E-state index in [1.807, 2.05) is 0 Å². The van der Waals surface area contributed by atoms with E-state index in [1.54, 1.807) is 5.38 Å². The molecule has 0 saturated heterocycles. The third kappa shape index (κ3) is 3.76. The van der Waals surface area contributed by atoms with Gasteiger partial charge in [0.2, 0.25) is 0 Å². The Morgan fingerprint density at radius 1 is 1.14 bits per heavy atom. The van der Waals surface area contributed by atoms with Gasteiger partial charge >= 0.3 is 12.2 Å². The highest BCUT2D eigenvalue weighted by Gasteiger charge is 2.30. The van der Waals surface area contributed by atoms with Crippen molar-refractivity contribution in [1.82, 2.24) is 0 Å². The average Bonchev–Trinajstić information content (AvgIpc) is 2.86. The van der Waals surface area contributed by atoms with E-state index < -0.39 is 23.7 Å². The number of benzene rings is 1. The molecule has 0 unspecified atom stereocenters. The van der Waals surface area contributed by atoms with Crippen LogP contribution >= 0.6 is 11.3 Å². The Labute approximate surface area is 126 Å². The minimum Gasteiger partial charge on any atom is -0.366 e. The Morgan fingerprint density at radius 3 is 2.50 bits per heavy atom. The maximum absolute atomic E-state index is 12.6. The lowest BCUT2D eigenvalue weighted by Crippen LogP contribution is -2.21. The Hall–Kier alpha value is -2.55. The van der Waals surface area contributed by atoms with Crippen LogP contribution in [-0.4, -0.2) is 11.9 Å². The molecule has 3 amide bonds. The first-order valence-electron chi connectivity index (χ1n) is 5.90. The Kier molecular flexibility index (Phi) is 4.36. The van der Waals surface area contributed by atoms with Gasteiger partial charge in [0.15, 0.2) is 0 Å². The van der Waals surface area contributed by atoms with E-state index in [4.69, 9.17) is 5.73 Å². The van der Waals surface area contributed by atoms with Crippen LogP contribution < -0.4 is 16.4 Å². The van der Waals surface area contributed by atoms with Gasteiger partial charge in [-0.3, -0.25) is 10.1 Å². The number of rotatable bonds is 3. The van der Waals surface area contributed by atoms with Crippen molar-refractivity contribution in [3.8, 4) is 0 Å². The normalized spacial score (nSPS) is 11.0. The van der Waals surface area contributed by atoms with Gasteiger partial charge in [-0.1, -0.05) is 6.07 Å². The van der Waals surface area contributed by atoms with Gasteiger partial charge in [0.1, 0.15) is 5.00 Å². The first-order chi connectivity index (χ1) is 10.3. The number of thiophene rings is 1. The molecule has 9 heteroatoms. The van der Waals surface area contributed by atoms with Gasteiger partial charge in [-0.15, -0.1) is 11.3 Å². The van der Waals surface area contributed by atoms with Crippen LogP contribution in [0.4, 0.5) is 28.7 Å². The lowest BCUT2D eigenvalue weighted by molar-refractivity contribution is -0.137. The summed E-state index contributed by atoms with van der Waals surface area (Å²) in [4.78, 5) is 22.9. The lowest BCUT2D eigenvalue weighted by Gasteiger charge is -2.10. The maximum atomic E-state index is 12.6. The molecular weight excluding hydrogens is 319 g/mol. The number of anilines is 2. The van der Waals surface area contributed by atoms with E-state index in [0.29, 0.717) is 0 Å². The highest BCUT2D eigenvalue weighted by Crippen LogP contribution is 2.30. The van der Waals surface area contributed by atoms with Gasteiger partial charge in [-0.05, 0) is 29.6 Å². The van der Waals surface area contributed by atoms with E-state index in [-0.39, 0.29) is 16.3 Å². The number of carbonyl (C=O) groups is 2. The largest absolute Gasteiger partial charge is 0.416 e. The number of amides is 3. The van der Waals surface area contributed by atoms with Crippen LogP contribution in [0.5, 0.6) is 0 Å². The van der Waals surface area contributed by atoms with Crippen molar-refractivity contribution >= 4 is 34.0 Å². The molecule has 2 aromatic rings. The summed E-state index contributed by atoms with van der Waals surface area (Å²) in [6, 6.07) is 4.87. The smallest absolute Gasteiger partial charge is 0.366 e. The molecule has 22 heavy (non-hydrogen) atoms. The van der Waals surface area contributed by atoms with Gasteiger partial charge in [0.25, 0.3) is 5.91 Å². The van der Waals surface area contributed by atoms with E-state index in [0.717, 1.165) is 23.5 Å². The molecule has 0 spiro atoms. The molecule has 5 nitrogen and oxygen atoms in total. The third-order valence-electron chi connectivity index (χ3n) is 2.61. The molecule has 0 aliphatic rings. The summed E-state index contributed by atoms with van der Waals surface area (Å²) in [7, 11) is 0. The topological polar surface area (TPSA) is 84.2 Å². The minimum atomic E-state index is -4.50.